The molecule has 0 atom stereocenters. The molecule has 180 valence electrons. The summed E-state index contributed by atoms with van der Waals surface area (Å²) >= 11 is 0. The van der Waals surface area contributed by atoms with Crippen molar-refractivity contribution in [2.75, 3.05) is 0 Å². The molecule has 5 nitrogen and oxygen atoms in total. The van der Waals surface area contributed by atoms with Crippen molar-refractivity contribution in [3.05, 3.63) is 140 Å². The molecule has 0 bridgehead atoms. The molecule has 0 unspecified atom stereocenters. The molecular formula is C33H23N5. The molecule has 5 heteroatoms. The normalized spacial score (nSPS) is 10.6. The number of hydrogen-bond acceptors (Lipinski definition) is 5. The standard InChI is InChI=1S/2C12H8N2.C9H7N/c1-2-10-6-11-8-13-5-3-9(11)7-12(10)14-4-1;1-2-10-6-9-3-5-13-8-11(9)7-12(10)14-4-1;1-2-6-9-8(4-1)5-3-7-10-9/h2*1-8H;1-7H. The van der Waals surface area contributed by atoms with Gasteiger partial charge in [0.1, 0.15) is 0 Å². The Morgan fingerprint density at radius 2 is 0.789 bits per heavy atom. The second-order valence-electron chi connectivity index (χ2n) is 8.74. The van der Waals surface area contributed by atoms with Gasteiger partial charge in [-0.2, -0.15) is 0 Å². The first-order chi connectivity index (χ1) is 18.8. The first kappa shape index (κ1) is 23.1. The van der Waals surface area contributed by atoms with E-state index in [4.69, 9.17) is 0 Å². The van der Waals surface area contributed by atoms with Crippen molar-refractivity contribution in [1.82, 2.24) is 24.9 Å². The molecule has 0 aliphatic rings. The third-order valence-electron chi connectivity index (χ3n) is 6.24. The number of pyridine rings is 5. The zero-order valence-electron chi connectivity index (χ0n) is 20.5. The third kappa shape index (κ3) is 5.13. The van der Waals surface area contributed by atoms with Gasteiger partial charge in [0.15, 0.2) is 0 Å². The average molecular weight is 490 g/mol. The molecule has 0 fully saturated rings. The van der Waals surface area contributed by atoms with Gasteiger partial charge in [0.2, 0.25) is 0 Å². The van der Waals surface area contributed by atoms with Crippen LogP contribution in [0.25, 0.3) is 54.3 Å². The van der Waals surface area contributed by atoms with Crippen LogP contribution in [0, 0.1) is 0 Å². The van der Waals surface area contributed by atoms with E-state index < -0.39 is 0 Å². The average Bonchev–Trinajstić information content (AvgIpc) is 2.99. The van der Waals surface area contributed by atoms with Crippen LogP contribution in [0.5, 0.6) is 0 Å². The van der Waals surface area contributed by atoms with Crippen LogP contribution in [0.4, 0.5) is 0 Å². The van der Waals surface area contributed by atoms with Gasteiger partial charge < -0.3 is 0 Å². The minimum atomic E-state index is 1.02. The molecule has 0 radical (unpaired) electrons. The van der Waals surface area contributed by atoms with Crippen LogP contribution >= 0.6 is 0 Å². The van der Waals surface area contributed by atoms with Gasteiger partial charge in [0, 0.05) is 70.3 Å². The minimum Gasteiger partial charge on any atom is -0.264 e. The highest BCUT2D eigenvalue weighted by atomic mass is 14.7. The summed E-state index contributed by atoms with van der Waals surface area (Å²) in [6.07, 6.45) is 12.8. The number of fused-ring (bicyclic) bond motifs is 5. The molecule has 5 heterocycles. The van der Waals surface area contributed by atoms with E-state index in [0.717, 1.165) is 32.7 Å². The van der Waals surface area contributed by atoms with Gasteiger partial charge in [0.25, 0.3) is 0 Å². The molecule has 5 aromatic heterocycles. The Bertz CT molecular complexity index is 1620. The second-order valence-corrected chi connectivity index (χ2v) is 8.74. The van der Waals surface area contributed by atoms with Gasteiger partial charge in [-0.25, -0.2) is 0 Å². The van der Waals surface area contributed by atoms with Crippen LogP contribution < -0.4 is 0 Å². The molecule has 0 amide bonds. The van der Waals surface area contributed by atoms with E-state index in [2.05, 4.69) is 73.5 Å². The van der Waals surface area contributed by atoms with Crippen molar-refractivity contribution in [3.63, 3.8) is 0 Å². The quantitative estimate of drug-likeness (QED) is 0.203. The van der Waals surface area contributed by atoms with Gasteiger partial charge >= 0.3 is 0 Å². The SMILES string of the molecule is c1ccc2ncccc2c1.c1cnc2cc3ccncc3cc2c1.c1cnc2cc3cnccc3cc2c1. The van der Waals surface area contributed by atoms with Crippen LogP contribution in [0.15, 0.2) is 140 Å². The van der Waals surface area contributed by atoms with Gasteiger partial charge in [-0.15, -0.1) is 0 Å². The predicted molar refractivity (Wildman–Crippen MR) is 156 cm³/mol. The van der Waals surface area contributed by atoms with E-state index in [-0.39, 0.29) is 0 Å². The van der Waals surface area contributed by atoms with E-state index >= 15 is 0 Å². The highest BCUT2D eigenvalue weighted by Crippen LogP contribution is 2.20. The topological polar surface area (TPSA) is 64.5 Å². The van der Waals surface area contributed by atoms with Crippen LogP contribution in [0.3, 0.4) is 0 Å². The van der Waals surface area contributed by atoms with Crippen molar-refractivity contribution >= 4 is 54.3 Å². The highest BCUT2D eigenvalue weighted by Gasteiger charge is 1.98. The lowest BCUT2D eigenvalue weighted by molar-refractivity contribution is 1.36. The zero-order valence-corrected chi connectivity index (χ0v) is 20.5. The monoisotopic (exact) mass is 489 g/mol. The van der Waals surface area contributed by atoms with Crippen molar-refractivity contribution in [3.8, 4) is 0 Å². The van der Waals surface area contributed by atoms with Crippen LogP contribution in [0.2, 0.25) is 0 Å². The fourth-order valence-corrected chi connectivity index (χ4v) is 4.33. The molecule has 38 heavy (non-hydrogen) atoms. The highest BCUT2D eigenvalue weighted by molar-refractivity contribution is 5.96. The molecule has 8 aromatic rings. The van der Waals surface area contributed by atoms with Crippen molar-refractivity contribution in [2.24, 2.45) is 0 Å². The molecule has 0 saturated heterocycles. The number of nitrogens with zero attached hydrogens (tertiary/aromatic N) is 5. The van der Waals surface area contributed by atoms with E-state index in [0.29, 0.717) is 0 Å². The first-order valence-corrected chi connectivity index (χ1v) is 12.3. The fraction of sp³-hybridized carbons (Fsp3) is 0. The van der Waals surface area contributed by atoms with Crippen molar-refractivity contribution in [2.45, 2.75) is 0 Å². The molecule has 0 spiro atoms. The molecular weight excluding hydrogens is 466 g/mol. The molecule has 0 aliphatic heterocycles. The Balaban J connectivity index is 0.000000106. The summed E-state index contributed by atoms with van der Waals surface area (Å²) in [4.78, 5) is 21.0. The van der Waals surface area contributed by atoms with E-state index in [9.17, 15) is 0 Å². The van der Waals surface area contributed by atoms with Crippen molar-refractivity contribution < 1.29 is 0 Å². The molecule has 0 N–H and O–H groups in total. The first-order valence-electron chi connectivity index (χ1n) is 12.3. The van der Waals surface area contributed by atoms with Gasteiger partial charge in [0.05, 0.1) is 16.6 Å². The number of hydrogen-bond donors (Lipinski definition) is 0. The maximum absolute atomic E-state index is 4.31. The molecule has 0 aliphatic carbocycles. The van der Waals surface area contributed by atoms with Gasteiger partial charge in [-0.3, -0.25) is 24.9 Å². The molecule has 3 aromatic carbocycles. The van der Waals surface area contributed by atoms with Crippen LogP contribution in [-0.2, 0) is 0 Å². The summed E-state index contributed by atoms with van der Waals surface area (Å²) in [5, 5.41) is 8.22. The Labute approximate surface area is 219 Å². The van der Waals surface area contributed by atoms with E-state index in [1.165, 1.54) is 21.5 Å². The van der Waals surface area contributed by atoms with Gasteiger partial charge in [-0.1, -0.05) is 36.4 Å². The Morgan fingerprint density at radius 3 is 1.45 bits per heavy atom. The summed E-state index contributed by atoms with van der Waals surface area (Å²) in [5.74, 6) is 0. The number of para-hydroxylation sites is 1. The largest absolute Gasteiger partial charge is 0.264 e. The second kappa shape index (κ2) is 10.8. The summed E-state index contributed by atoms with van der Waals surface area (Å²) < 4.78 is 0. The fourth-order valence-electron chi connectivity index (χ4n) is 4.33. The summed E-state index contributed by atoms with van der Waals surface area (Å²) in [6.45, 7) is 0. The van der Waals surface area contributed by atoms with Gasteiger partial charge in [-0.05, 0) is 71.4 Å². The summed E-state index contributed by atoms with van der Waals surface area (Å²) in [7, 11) is 0. The number of aromatic nitrogens is 5. The smallest absolute Gasteiger partial charge is 0.0708 e. The Kier molecular flexibility index (Phi) is 6.55. The summed E-state index contributed by atoms with van der Waals surface area (Å²) in [5.41, 5.74) is 3.12. The minimum absolute atomic E-state index is 1.02. The Morgan fingerprint density at radius 1 is 0.316 bits per heavy atom. The van der Waals surface area contributed by atoms with E-state index in [1.807, 2.05) is 85.7 Å². The third-order valence-corrected chi connectivity index (χ3v) is 6.24. The maximum Gasteiger partial charge on any atom is 0.0708 e. The Hall–Kier alpha value is -5.29. The lowest BCUT2D eigenvalue weighted by Crippen LogP contribution is -1.79. The zero-order chi connectivity index (χ0) is 25.6. The lowest BCUT2D eigenvalue weighted by atomic mass is 10.1. The number of benzene rings is 3. The van der Waals surface area contributed by atoms with Crippen LogP contribution in [-0.4, -0.2) is 24.9 Å². The molecule has 8 rings (SSSR count). The van der Waals surface area contributed by atoms with Crippen molar-refractivity contribution in [1.29, 1.82) is 0 Å². The predicted octanol–water partition coefficient (Wildman–Crippen LogP) is 7.80. The maximum atomic E-state index is 4.31. The van der Waals surface area contributed by atoms with E-state index in [1.54, 1.807) is 6.20 Å². The number of rotatable bonds is 0. The summed E-state index contributed by atoms with van der Waals surface area (Å²) in [6, 6.07) is 32.6. The lowest BCUT2D eigenvalue weighted by Gasteiger charge is -1.99. The molecule has 0 saturated carbocycles. The van der Waals surface area contributed by atoms with Crippen LogP contribution in [0.1, 0.15) is 0 Å².